The van der Waals surface area contributed by atoms with Crippen molar-refractivity contribution in [1.29, 1.82) is 0 Å². The second kappa shape index (κ2) is 8.53. The summed E-state index contributed by atoms with van der Waals surface area (Å²) in [5, 5.41) is 13.6. The second-order valence-corrected chi connectivity index (χ2v) is 4.80. The molecular weight excluding hydrogens is 296 g/mol. The molecule has 8 heteroatoms. The topological polar surface area (TPSA) is 88.4 Å². The molecule has 0 unspecified atom stereocenters. The van der Waals surface area contributed by atoms with Gasteiger partial charge in [0, 0.05) is 6.54 Å². The average molecular weight is 315 g/mol. The van der Waals surface area contributed by atoms with Crippen LogP contribution in [-0.4, -0.2) is 46.9 Å². The third-order valence-corrected chi connectivity index (χ3v) is 3.33. The summed E-state index contributed by atoms with van der Waals surface area (Å²) >= 11 is 5.69. The second-order valence-electron chi connectivity index (χ2n) is 4.42. The van der Waals surface area contributed by atoms with Gasteiger partial charge >= 0.3 is 0 Å². The Bertz CT molecular complexity index is 506. The Morgan fingerprint density at radius 2 is 2.14 bits per heavy atom. The number of carbonyl (C=O) groups excluding carboxylic acids is 1. The van der Waals surface area contributed by atoms with Crippen LogP contribution in [0.2, 0.25) is 5.15 Å². The van der Waals surface area contributed by atoms with Crippen LogP contribution in [0.3, 0.4) is 0 Å². The smallest absolute Gasteiger partial charge is 0.300 e. The summed E-state index contributed by atoms with van der Waals surface area (Å²) in [7, 11) is 0. The van der Waals surface area contributed by atoms with Gasteiger partial charge in [0.15, 0.2) is 0 Å². The lowest BCUT2D eigenvalue weighted by atomic mass is 10.2. The first-order valence-electron chi connectivity index (χ1n) is 6.80. The molecule has 7 nitrogen and oxygen atoms in total. The molecule has 1 heterocycles. The monoisotopic (exact) mass is 314 g/mol. The molecule has 1 aromatic heterocycles. The van der Waals surface area contributed by atoms with Crippen molar-refractivity contribution >= 4 is 23.2 Å². The molecule has 0 aromatic carbocycles. The molecule has 0 saturated heterocycles. The summed E-state index contributed by atoms with van der Waals surface area (Å²) in [6, 6.07) is 1.21. The van der Waals surface area contributed by atoms with Gasteiger partial charge in [-0.2, -0.15) is 0 Å². The average Bonchev–Trinajstić information content (AvgIpc) is 2.46. The van der Waals surface area contributed by atoms with Crippen molar-refractivity contribution in [2.24, 2.45) is 0 Å². The van der Waals surface area contributed by atoms with E-state index in [-0.39, 0.29) is 16.4 Å². The molecule has 0 saturated carbocycles. The number of aromatic nitrogens is 1. The zero-order valence-corrected chi connectivity index (χ0v) is 12.9. The quantitative estimate of drug-likeness (QED) is 0.343. The number of halogens is 1. The van der Waals surface area contributed by atoms with Crippen molar-refractivity contribution in [3.8, 4) is 0 Å². The van der Waals surface area contributed by atoms with Crippen molar-refractivity contribution in [3.05, 3.63) is 33.1 Å². The van der Waals surface area contributed by atoms with Gasteiger partial charge in [-0.3, -0.25) is 14.9 Å². The molecule has 116 valence electrons. The van der Waals surface area contributed by atoms with E-state index in [1.165, 1.54) is 6.07 Å². The van der Waals surface area contributed by atoms with Gasteiger partial charge in [0.05, 0.1) is 4.92 Å². The number of nitro groups is 1. The number of nitrogens with zero attached hydrogens (tertiary/aromatic N) is 3. The molecule has 0 radical (unpaired) electrons. The van der Waals surface area contributed by atoms with Crippen LogP contribution in [0.5, 0.6) is 0 Å². The molecule has 1 N–H and O–H groups in total. The zero-order chi connectivity index (χ0) is 15.8. The SMILES string of the molecule is CCN(CC)CCCNC(=O)c1cc(Cl)ncc1[N+](=O)[O-]. The third-order valence-electron chi connectivity index (χ3n) is 3.12. The van der Waals surface area contributed by atoms with E-state index in [0.29, 0.717) is 6.54 Å². The minimum atomic E-state index is -0.645. The van der Waals surface area contributed by atoms with Crippen molar-refractivity contribution < 1.29 is 9.72 Å². The van der Waals surface area contributed by atoms with Crippen molar-refractivity contribution in [2.75, 3.05) is 26.2 Å². The predicted octanol–water partition coefficient (Wildman–Crippen LogP) is 2.10. The van der Waals surface area contributed by atoms with Crippen LogP contribution in [0.15, 0.2) is 12.3 Å². The minimum Gasteiger partial charge on any atom is -0.352 e. The van der Waals surface area contributed by atoms with Gasteiger partial charge in [-0.15, -0.1) is 0 Å². The highest BCUT2D eigenvalue weighted by Crippen LogP contribution is 2.20. The number of pyridine rings is 1. The van der Waals surface area contributed by atoms with Crippen LogP contribution in [0.4, 0.5) is 5.69 Å². The standard InChI is InChI=1S/C13H19ClN4O3/c1-3-17(4-2)7-5-6-15-13(19)10-8-12(14)16-9-11(10)18(20)21/h8-9H,3-7H2,1-2H3,(H,15,19). The maximum atomic E-state index is 12.0. The number of amides is 1. The maximum Gasteiger partial charge on any atom is 0.300 e. The van der Waals surface area contributed by atoms with E-state index in [1.54, 1.807) is 0 Å². The molecule has 0 aliphatic carbocycles. The van der Waals surface area contributed by atoms with Gasteiger partial charge < -0.3 is 10.2 Å². The van der Waals surface area contributed by atoms with E-state index < -0.39 is 10.8 Å². The highest BCUT2D eigenvalue weighted by atomic mass is 35.5. The molecule has 0 bridgehead atoms. The molecule has 1 aromatic rings. The lowest BCUT2D eigenvalue weighted by molar-refractivity contribution is -0.385. The van der Waals surface area contributed by atoms with Crippen molar-refractivity contribution in [2.45, 2.75) is 20.3 Å². The Labute approximate surface area is 128 Å². The van der Waals surface area contributed by atoms with Crippen LogP contribution in [0.25, 0.3) is 0 Å². The van der Waals surface area contributed by atoms with Gasteiger partial charge in [0.25, 0.3) is 11.6 Å². The van der Waals surface area contributed by atoms with Gasteiger partial charge in [0.1, 0.15) is 16.9 Å². The molecule has 1 amide bonds. The highest BCUT2D eigenvalue weighted by molar-refractivity contribution is 6.29. The third kappa shape index (κ3) is 5.28. The Kier molecular flexibility index (Phi) is 7.04. The van der Waals surface area contributed by atoms with Crippen LogP contribution in [0, 0.1) is 10.1 Å². The fourth-order valence-electron chi connectivity index (χ4n) is 1.89. The van der Waals surface area contributed by atoms with Gasteiger partial charge in [-0.25, -0.2) is 4.98 Å². The molecule has 0 atom stereocenters. The molecule has 0 aliphatic heterocycles. The first kappa shape index (κ1) is 17.3. The molecule has 0 aliphatic rings. The van der Waals surface area contributed by atoms with E-state index in [4.69, 9.17) is 11.6 Å². The largest absolute Gasteiger partial charge is 0.352 e. The summed E-state index contributed by atoms with van der Waals surface area (Å²) in [5.41, 5.74) is -0.413. The maximum absolute atomic E-state index is 12.0. The van der Waals surface area contributed by atoms with E-state index >= 15 is 0 Å². The molecular formula is C13H19ClN4O3. The number of nitrogens with one attached hydrogen (secondary N) is 1. The molecule has 21 heavy (non-hydrogen) atoms. The van der Waals surface area contributed by atoms with Crippen LogP contribution < -0.4 is 5.32 Å². The van der Waals surface area contributed by atoms with E-state index in [1.807, 2.05) is 0 Å². The zero-order valence-electron chi connectivity index (χ0n) is 12.1. The van der Waals surface area contributed by atoms with E-state index in [9.17, 15) is 14.9 Å². The number of hydrogen-bond donors (Lipinski definition) is 1. The Hall–Kier alpha value is -1.73. The predicted molar refractivity (Wildman–Crippen MR) is 80.6 cm³/mol. The Morgan fingerprint density at radius 3 is 2.71 bits per heavy atom. The Balaban J connectivity index is 2.60. The Morgan fingerprint density at radius 1 is 1.48 bits per heavy atom. The number of hydrogen-bond acceptors (Lipinski definition) is 5. The molecule has 0 spiro atoms. The fourth-order valence-corrected chi connectivity index (χ4v) is 2.05. The number of rotatable bonds is 8. The van der Waals surface area contributed by atoms with Crippen LogP contribution in [0.1, 0.15) is 30.6 Å². The van der Waals surface area contributed by atoms with Gasteiger partial charge in [-0.1, -0.05) is 25.4 Å². The van der Waals surface area contributed by atoms with E-state index in [2.05, 4.69) is 29.0 Å². The molecule has 1 rings (SSSR count). The minimum absolute atomic E-state index is 0.0499. The van der Waals surface area contributed by atoms with Crippen LogP contribution in [-0.2, 0) is 0 Å². The van der Waals surface area contributed by atoms with Crippen molar-refractivity contribution in [3.63, 3.8) is 0 Å². The summed E-state index contributed by atoms with van der Waals surface area (Å²) in [4.78, 5) is 28.1. The lowest BCUT2D eigenvalue weighted by Gasteiger charge is -2.17. The first-order chi connectivity index (χ1) is 9.99. The summed E-state index contributed by atoms with van der Waals surface area (Å²) in [6.07, 6.45) is 1.77. The summed E-state index contributed by atoms with van der Waals surface area (Å²) in [5.74, 6) is -0.509. The fraction of sp³-hybridized carbons (Fsp3) is 0.538. The first-order valence-corrected chi connectivity index (χ1v) is 7.17. The van der Waals surface area contributed by atoms with Gasteiger partial charge in [-0.05, 0) is 32.1 Å². The molecule has 0 fully saturated rings. The van der Waals surface area contributed by atoms with E-state index in [0.717, 1.165) is 32.3 Å². The summed E-state index contributed by atoms with van der Waals surface area (Å²) < 4.78 is 0. The summed E-state index contributed by atoms with van der Waals surface area (Å²) in [6.45, 7) is 7.37. The van der Waals surface area contributed by atoms with Crippen molar-refractivity contribution in [1.82, 2.24) is 15.2 Å². The highest BCUT2D eigenvalue weighted by Gasteiger charge is 2.21. The van der Waals surface area contributed by atoms with Gasteiger partial charge in [0.2, 0.25) is 0 Å². The lowest BCUT2D eigenvalue weighted by Crippen LogP contribution is -2.30. The number of carbonyl (C=O) groups is 1. The van der Waals surface area contributed by atoms with Crippen LogP contribution >= 0.6 is 11.6 Å². The normalized spacial score (nSPS) is 10.7.